The Bertz CT molecular complexity index is 1090. The average Bonchev–Trinajstić information content (AvgIpc) is 2.71. The number of amides is 1. The molecule has 0 saturated heterocycles. The van der Waals surface area contributed by atoms with Crippen LogP contribution in [0.4, 0.5) is 13.2 Å². The zero-order valence-corrected chi connectivity index (χ0v) is 15.1. The van der Waals surface area contributed by atoms with Crippen molar-refractivity contribution in [1.29, 1.82) is 0 Å². The lowest BCUT2D eigenvalue weighted by atomic mass is 10.1. The van der Waals surface area contributed by atoms with Gasteiger partial charge in [0, 0.05) is 23.7 Å². The highest BCUT2D eigenvalue weighted by molar-refractivity contribution is 5.97. The molecule has 1 amide bonds. The number of alkyl halides is 3. The molecule has 0 fully saturated rings. The second-order valence-electron chi connectivity index (χ2n) is 6.25. The van der Waals surface area contributed by atoms with Gasteiger partial charge in [-0.3, -0.25) is 14.8 Å². The number of hydrogen-bond acceptors (Lipinski definition) is 4. The first-order valence-corrected chi connectivity index (χ1v) is 8.68. The van der Waals surface area contributed by atoms with Crippen molar-refractivity contribution in [2.75, 3.05) is 6.61 Å². The van der Waals surface area contributed by atoms with E-state index in [9.17, 15) is 22.8 Å². The predicted octanol–water partition coefficient (Wildman–Crippen LogP) is 3.61. The first kappa shape index (κ1) is 20.4. The van der Waals surface area contributed by atoms with Crippen LogP contribution in [0.1, 0.15) is 22.3 Å². The molecule has 3 rings (SSSR count). The summed E-state index contributed by atoms with van der Waals surface area (Å²) in [6.07, 6.45) is -2.64. The number of benzene rings is 2. The molecule has 0 spiro atoms. The topological polar surface area (TPSA) is 80.6 Å². The second-order valence-corrected chi connectivity index (χ2v) is 6.25. The Balaban J connectivity index is 1.71. The summed E-state index contributed by atoms with van der Waals surface area (Å²) >= 11 is 0. The summed E-state index contributed by atoms with van der Waals surface area (Å²) in [5.41, 5.74) is 0.430. The van der Waals surface area contributed by atoms with Crippen molar-refractivity contribution >= 4 is 16.7 Å². The monoisotopic (exact) mass is 406 g/mol. The summed E-state index contributed by atoms with van der Waals surface area (Å²) in [6.45, 7) is 0.212. The molecule has 0 aliphatic heterocycles. The largest absolute Gasteiger partial charge is 0.493 e. The molecule has 0 bridgehead atoms. The Labute approximate surface area is 163 Å². The number of para-hydroxylation sites is 1. The summed E-state index contributed by atoms with van der Waals surface area (Å²) in [6, 6.07) is 11.1. The molecule has 1 aromatic heterocycles. The normalized spacial score (nSPS) is 11.4. The van der Waals surface area contributed by atoms with Gasteiger partial charge in [-0.2, -0.15) is 13.2 Å². The molecule has 6 nitrogen and oxygen atoms in total. The number of aromatic nitrogens is 1. The van der Waals surface area contributed by atoms with Crippen LogP contribution in [0.5, 0.6) is 5.75 Å². The molecule has 0 unspecified atom stereocenters. The minimum Gasteiger partial charge on any atom is -0.493 e. The number of ether oxygens (including phenoxy) is 1. The third kappa shape index (κ3) is 4.57. The van der Waals surface area contributed by atoms with Crippen molar-refractivity contribution in [3.05, 3.63) is 76.2 Å². The minimum atomic E-state index is -4.51. The Hall–Kier alpha value is -3.33. The molecule has 152 valence electrons. The lowest BCUT2D eigenvalue weighted by Crippen LogP contribution is -2.22. The fourth-order valence-corrected chi connectivity index (χ4v) is 2.91. The minimum absolute atomic E-state index is 0.00940. The van der Waals surface area contributed by atoms with Crippen LogP contribution in [0.3, 0.4) is 0 Å². The van der Waals surface area contributed by atoms with Gasteiger partial charge in [-0.05, 0) is 42.1 Å². The quantitative estimate of drug-likeness (QED) is 0.372. The van der Waals surface area contributed by atoms with E-state index in [1.165, 1.54) is 40.4 Å². The van der Waals surface area contributed by atoms with Gasteiger partial charge in [0.2, 0.25) is 0 Å². The third-order valence-electron chi connectivity index (χ3n) is 4.34. The first-order chi connectivity index (χ1) is 13.8. The summed E-state index contributed by atoms with van der Waals surface area (Å²) in [4.78, 5) is 24.2. The summed E-state index contributed by atoms with van der Waals surface area (Å²) in [5, 5.41) is 9.63. The van der Waals surface area contributed by atoms with Crippen molar-refractivity contribution in [2.45, 2.75) is 19.1 Å². The van der Waals surface area contributed by atoms with Gasteiger partial charge in [-0.15, -0.1) is 0 Å². The molecule has 0 atom stereocenters. The van der Waals surface area contributed by atoms with Crippen LogP contribution in [-0.4, -0.2) is 22.3 Å². The van der Waals surface area contributed by atoms with E-state index < -0.39 is 17.6 Å². The average molecular weight is 406 g/mol. The van der Waals surface area contributed by atoms with Crippen molar-refractivity contribution in [1.82, 2.24) is 10.0 Å². The highest BCUT2D eigenvalue weighted by Gasteiger charge is 2.33. The van der Waals surface area contributed by atoms with Crippen LogP contribution in [0.2, 0.25) is 0 Å². The molecule has 0 aliphatic carbocycles. The van der Waals surface area contributed by atoms with Crippen LogP contribution in [0.15, 0.2) is 59.5 Å². The maximum Gasteiger partial charge on any atom is 0.419 e. The van der Waals surface area contributed by atoms with Crippen molar-refractivity contribution in [2.24, 2.45) is 0 Å². The second kappa shape index (κ2) is 8.36. The summed E-state index contributed by atoms with van der Waals surface area (Å²) in [7, 11) is 0. The molecule has 2 aromatic carbocycles. The molecule has 3 aromatic rings. The molecular formula is C20H17F3N2O4. The fraction of sp³-hybridized carbons (Fsp3) is 0.200. The SMILES string of the molecule is O=C(NO)c1ccc2ccn(CCCOc3ccccc3C(F)(F)F)c(=O)c2c1. The number of rotatable bonds is 6. The molecule has 0 aliphatic rings. The highest BCUT2D eigenvalue weighted by atomic mass is 19.4. The van der Waals surface area contributed by atoms with E-state index in [2.05, 4.69) is 0 Å². The molecule has 1 heterocycles. The van der Waals surface area contributed by atoms with E-state index in [4.69, 9.17) is 9.94 Å². The van der Waals surface area contributed by atoms with Gasteiger partial charge in [0.25, 0.3) is 11.5 Å². The summed E-state index contributed by atoms with van der Waals surface area (Å²) in [5.74, 6) is -0.996. The van der Waals surface area contributed by atoms with E-state index in [1.54, 1.807) is 18.3 Å². The maximum atomic E-state index is 13.0. The number of aryl methyl sites for hydroxylation is 1. The lowest BCUT2D eigenvalue weighted by molar-refractivity contribution is -0.139. The number of carbonyl (C=O) groups excluding carboxylic acids is 1. The Morgan fingerprint density at radius 2 is 1.90 bits per heavy atom. The van der Waals surface area contributed by atoms with Gasteiger partial charge in [0.15, 0.2) is 0 Å². The van der Waals surface area contributed by atoms with Crippen molar-refractivity contribution < 1.29 is 27.9 Å². The fourth-order valence-electron chi connectivity index (χ4n) is 2.91. The van der Waals surface area contributed by atoms with Crippen molar-refractivity contribution in [3.63, 3.8) is 0 Å². The van der Waals surface area contributed by atoms with Gasteiger partial charge in [0.1, 0.15) is 5.75 Å². The Morgan fingerprint density at radius 3 is 2.62 bits per heavy atom. The molecule has 0 saturated carbocycles. The number of carbonyl (C=O) groups is 1. The van der Waals surface area contributed by atoms with Crippen LogP contribution >= 0.6 is 0 Å². The molecule has 9 heteroatoms. The number of nitrogens with one attached hydrogen (secondary N) is 1. The number of nitrogens with zero attached hydrogens (tertiary/aromatic N) is 1. The van der Waals surface area contributed by atoms with E-state index in [0.29, 0.717) is 11.8 Å². The van der Waals surface area contributed by atoms with Crippen LogP contribution in [-0.2, 0) is 12.7 Å². The number of hydroxylamine groups is 1. The lowest BCUT2D eigenvalue weighted by Gasteiger charge is -2.14. The highest BCUT2D eigenvalue weighted by Crippen LogP contribution is 2.35. The Morgan fingerprint density at radius 1 is 1.14 bits per heavy atom. The van der Waals surface area contributed by atoms with Crippen LogP contribution < -0.4 is 15.8 Å². The molecule has 2 N–H and O–H groups in total. The third-order valence-corrected chi connectivity index (χ3v) is 4.34. The number of pyridine rings is 1. The van der Waals surface area contributed by atoms with Gasteiger partial charge >= 0.3 is 6.18 Å². The Kier molecular flexibility index (Phi) is 5.88. The zero-order chi connectivity index (χ0) is 21.0. The first-order valence-electron chi connectivity index (χ1n) is 8.68. The predicted molar refractivity (Wildman–Crippen MR) is 99.0 cm³/mol. The summed E-state index contributed by atoms with van der Waals surface area (Å²) < 4.78 is 45.6. The standard InChI is InChI=1S/C20H17F3N2O4/c21-20(22,23)16-4-1-2-5-17(16)29-11-3-9-25-10-8-13-6-7-14(18(26)24-28)12-15(13)19(25)27/h1-2,4-8,10,12,28H,3,9,11H2,(H,24,26). The van der Waals surface area contributed by atoms with E-state index in [1.807, 2.05) is 0 Å². The van der Waals surface area contributed by atoms with Gasteiger partial charge < -0.3 is 9.30 Å². The zero-order valence-electron chi connectivity index (χ0n) is 15.1. The van der Waals surface area contributed by atoms with Gasteiger partial charge in [-0.1, -0.05) is 18.2 Å². The number of hydrogen-bond donors (Lipinski definition) is 2. The van der Waals surface area contributed by atoms with Crippen LogP contribution in [0, 0.1) is 0 Å². The van der Waals surface area contributed by atoms with Gasteiger partial charge in [0.05, 0.1) is 12.2 Å². The maximum absolute atomic E-state index is 13.0. The smallest absolute Gasteiger partial charge is 0.419 e. The van der Waals surface area contributed by atoms with Gasteiger partial charge in [-0.25, -0.2) is 5.48 Å². The van der Waals surface area contributed by atoms with E-state index >= 15 is 0 Å². The number of halogens is 3. The number of fused-ring (bicyclic) bond motifs is 1. The van der Waals surface area contributed by atoms with Crippen LogP contribution in [0.25, 0.3) is 10.8 Å². The molecule has 0 radical (unpaired) electrons. The van der Waals surface area contributed by atoms with Crippen molar-refractivity contribution in [3.8, 4) is 5.75 Å². The van der Waals surface area contributed by atoms with E-state index in [-0.39, 0.29) is 35.4 Å². The molecular weight excluding hydrogens is 389 g/mol. The van der Waals surface area contributed by atoms with E-state index in [0.717, 1.165) is 6.07 Å². The molecule has 29 heavy (non-hydrogen) atoms.